The van der Waals surface area contributed by atoms with E-state index in [0.29, 0.717) is 0 Å². The second kappa shape index (κ2) is 5.95. The fraction of sp³-hybridized carbons (Fsp3) is 0.600. The molecule has 1 heterocycles. The highest BCUT2D eigenvalue weighted by molar-refractivity contribution is 5.74. The van der Waals surface area contributed by atoms with Gasteiger partial charge in [-0.15, -0.1) is 0 Å². The highest BCUT2D eigenvalue weighted by Gasteiger charge is 2.20. The molecule has 2 nitrogen and oxygen atoms in total. The van der Waals surface area contributed by atoms with E-state index < -0.39 is 0 Å². The molecule has 0 atom stereocenters. The fourth-order valence-corrected chi connectivity index (χ4v) is 2.70. The zero-order chi connectivity index (χ0) is 12.1. The molecule has 0 saturated carbocycles. The Morgan fingerprint density at radius 2 is 2.00 bits per heavy atom. The van der Waals surface area contributed by atoms with Crippen molar-refractivity contribution in [3.63, 3.8) is 0 Å². The Hall–Kier alpha value is -1.18. The lowest BCUT2D eigenvalue weighted by molar-refractivity contribution is 0.623. The molecule has 0 spiro atoms. The maximum Gasteiger partial charge on any atom is 0.0633 e. The SMILES string of the molecule is CCCCCCCN1CCc2cccc(N)c21. The number of benzene rings is 1. The topological polar surface area (TPSA) is 29.3 Å². The van der Waals surface area contributed by atoms with E-state index in [1.54, 1.807) is 0 Å². The van der Waals surface area contributed by atoms with Crippen molar-refractivity contribution in [2.75, 3.05) is 23.7 Å². The second-order valence-electron chi connectivity index (χ2n) is 5.01. The molecule has 0 saturated heterocycles. The van der Waals surface area contributed by atoms with Crippen LogP contribution in [0.1, 0.15) is 44.6 Å². The molecule has 2 rings (SSSR count). The number of nitrogens with two attached hydrogens (primary N) is 1. The molecule has 0 aliphatic carbocycles. The second-order valence-corrected chi connectivity index (χ2v) is 5.01. The Morgan fingerprint density at radius 1 is 1.18 bits per heavy atom. The van der Waals surface area contributed by atoms with Crippen LogP contribution in [0, 0.1) is 0 Å². The number of nitrogen functional groups attached to an aromatic ring is 1. The summed E-state index contributed by atoms with van der Waals surface area (Å²) >= 11 is 0. The van der Waals surface area contributed by atoms with Gasteiger partial charge in [-0.2, -0.15) is 0 Å². The van der Waals surface area contributed by atoms with Crippen LogP contribution in [0.25, 0.3) is 0 Å². The van der Waals surface area contributed by atoms with Crippen LogP contribution in [0.15, 0.2) is 18.2 Å². The van der Waals surface area contributed by atoms with Gasteiger partial charge >= 0.3 is 0 Å². The number of nitrogens with zero attached hydrogens (tertiary/aromatic N) is 1. The third-order valence-corrected chi connectivity index (χ3v) is 3.65. The number of anilines is 2. The molecule has 0 unspecified atom stereocenters. The molecule has 94 valence electrons. The predicted octanol–water partition coefficient (Wildman–Crippen LogP) is 3.60. The van der Waals surface area contributed by atoms with Crippen molar-refractivity contribution in [3.05, 3.63) is 23.8 Å². The zero-order valence-electron chi connectivity index (χ0n) is 10.9. The highest BCUT2D eigenvalue weighted by atomic mass is 15.2. The van der Waals surface area contributed by atoms with Gasteiger partial charge in [-0.05, 0) is 24.5 Å². The summed E-state index contributed by atoms with van der Waals surface area (Å²) < 4.78 is 0. The fourth-order valence-electron chi connectivity index (χ4n) is 2.70. The number of fused-ring (bicyclic) bond motifs is 1. The minimum absolute atomic E-state index is 0.952. The molecule has 0 aromatic heterocycles. The number of unbranched alkanes of at least 4 members (excludes halogenated alkanes) is 4. The van der Waals surface area contributed by atoms with Crippen LogP contribution in [-0.2, 0) is 6.42 Å². The molecular weight excluding hydrogens is 208 g/mol. The molecule has 1 aromatic rings. The van der Waals surface area contributed by atoms with Crippen LogP contribution in [0.2, 0.25) is 0 Å². The maximum atomic E-state index is 6.07. The lowest BCUT2D eigenvalue weighted by Gasteiger charge is -2.20. The number of hydrogen-bond donors (Lipinski definition) is 1. The molecule has 1 aromatic carbocycles. The van der Waals surface area contributed by atoms with Crippen LogP contribution in [0.4, 0.5) is 11.4 Å². The Morgan fingerprint density at radius 3 is 2.82 bits per heavy atom. The molecule has 2 N–H and O–H groups in total. The van der Waals surface area contributed by atoms with Crippen molar-refractivity contribution in [2.24, 2.45) is 0 Å². The summed E-state index contributed by atoms with van der Waals surface area (Å²) in [6.45, 7) is 4.58. The normalized spacial score (nSPS) is 14.1. The number of rotatable bonds is 6. The van der Waals surface area contributed by atoms with Gasteiger partial charge < -0.3 is 10.6 Å². The largest absolute Gasteiger partial charge is 0.397 e. The van der Waals surface area contributed by atoms with Gasteiger partial charge in [0.05, 0.1) is 11.4 Å². The van der Waals surface area contributed by atoms with Crippen molar-refractivity contribution in [3.8, 4) is 0 Å². The van der Waals surface area contributed by atoms with Crippen molar-refractivity contribution >= 4 is 11.4 Å². The van der Waals surface area contributed by atoms with E-state index in [1.165, 1.54) is 49.9 Å². The lowest BCUT2D eigenvalue weighted by atomic mass is 10.1. The van der Waals surface area contributed by atoms with Gasteiger partial charge in [0.1, 0.15) is 0 Å². The molecular formula is C15H24N2. The van der Waals surface area contributed by atoms with Gasteiger partial charge in [-0.25, -0.2) is 0 Å². The first-order valence-corrected chi connectivity index (χ1v) is 6.95. The number of hydrogen-bond acceptors (Lipinski definition) is 2. The molecule has 1 aliphatic heterocycles. The quantitative estimate of drug-likeness (QED) is 0.600. The summed E-state index contributed by atoms with van der Waals surface area (Å²) in [5.74, 6) is 0. The van der Waals surface area contributed by atoms with Crippen molar-refractivity contribution < 1.29 is 0 Å². The summed E-state index contributed by atoms with van der Waals surface area (Å²) in [4.78, 5) is 2.47. The van der Waals surface area contributed by atoms with Crippen molar-refractivity contribution in [2.45, 2.75) is 45.4 Å². The third-order valence-electron chi connectivity index (χ3n) is 3.65. The van der Waals surface area contributed by atoms with E-state index in [0.717, 1.165) is 18.7 Å². The maximum absolute atomic E-state index is 6.07. The van der Waals surface area contributed by atoms with Crippen LogP contribution in [-0.4, -0.2) is 13.1 Å². The summed E-state index contributed by atoms with van der Waals surface area (Å²) in [5.41, 5.74) is 9.76. The smallest absolute Gasteiger partial charge is 0.0633 e. The van der Waals surface area contributed by atoms with Crippen LogP contribution in [0.5, 0.6) is 0 Å². The van der Waals surface area contributed by atoms with E-state index in [2.05, 4.69) is 24.0 Å². The standard InChI is InChI=1S/C15H24N2/c1-2-3-4-5-6-11-17-12-10-13-8-7-9-14(16)15(13)17/h7-9H,2-6,10-12,16H2,1H3. The van der Waals surface area contributed by atoms with Crippen molar-refractivity contribution in [1.29, 1.82) is 0 Å². The highest BCUT2D eigenvalue weighted by Crippen LogP contribution is 2.33. The van der Waals surface area contributed by atoms with Gasteiger partial charge in [0.15, 0.2) is 0 Å². The average Bonchev–Trinajstić information content (AvgIpc) is 2.74. The summed E-state index contributed by atoms with van der Waals surface area (Å²) in [5, 5.41) is 0. The molecule has 0 bridgehead atoms. The number of para-hydroxylation sites is 1. The predicted molar refractivity (Wildman–Crippen MR) is 75.5 cm³/mol. The third kappa shape index (κ3) is 2.93. The van der Waals surface area contributed by atoms with Gasteiger partial charge in [-0.3, -0.25) is 0 Å². The van der Waals surface area contributed by atoms with Gasteiger partial charge in [0.25, 0.3) is 0 Å². The lowest BCUT2D eigenvalue weighted by Crippen LogP contribution is -2.22. The van der Waals surface area contributed by atoms with Gasteiger partial charge in [-0.1, -0.05) is 44.7 Å². The Balaban J connectivity index is 1.85. The molecule has 1 aliphatic rings. The molecule has 0 amide bonds. The van der Waals surface area contributed by atoms with Gasteiger partial charge in [0, 0.05) is 13.1 Å². The monoisotopic (exact) mass is 232 g/mol. The first-order chi connectivity index (χ1) is 8.33. The molecule has 17 heavy (non-hydrogen) atoms. The van der Waals surface area contributed by atoms with E-state index in [-0.39, 0.29) is 0 Å². The van der Waals surface area contributed by atoms with Gasteiger partial charge in [0.2, 0.25) is 0 Å². The van der Waals surface area contributed by atoms with Crippen LogP contribution >= 0.6 is 0 Å². The van der Waals surface area contributed by atoms with Crippen molar-refractivity contribution in [1.82, 2.24) is 0 Å². The molecule has 2 heteroatoms. The Labute approximate surface area is 105 Å². The minimum Gasteiger partial charge on any atom is -0.397 e. The summed E-state index contributed by atoms with van der Waals surface area (Å²) in [6, 6.07) is 6.30. The van der Waals surface area contributed by atoms with Crippen LogP contribution in [0.3, 0.4) is 0 Å². The first-order valence-electron chi connectivity index (χ1n) is 6.95. The average molecular weight is 232 g/mol. The molecule has 0 fully saturated rings. The summed E-state index contributed by atoms with van der Waals surface area (Å²) in [7, 11) is 0. The van der Waals surface area contributed by atoms with E-state index >= 15 is 0 Å². The van der Waals surface area contributed by atoms with E-state index in [9.17, 15) is 0 Å². The zero-order valence-corrected chi connectivity index (χ0v) is 10.9. The Bertz CT molecular complexity index is 360. The first kappa shape index (κ1) is 12.3. The van der Waals surface area contributed by atoms with Crippen LogP contribution < -0.4 is 10.6 Å². The summed E-state index contributed by atoms with van der Waals surface area (Å²) in [6.07, 6.45) is 7.88. The Kier molecular flexibility index (Phi) is 4.29. The minimum atomic E-state index is 0.952. The van der Waals surface area contributed by atoms with E-state index in [1.807, 2.05) is 6.07 Å². The van der Waals surface area contributed by atoms with E-state index in [4.69, 9.17) is 5.73 Å². The molecule has 0 radical (unpaired) electrons.